The third-order valence-corrected chi connectivity index (χ3v) is 3.68. The van der Waals surface area contributed by atoms with Crippen LogP contribution in [0.15, 0.2) is 41.4 Å². The summed E-state index contributed by atoms with van der Waals surface area (Å²) in [7, 11) is 0. The zero-order chi connectivity index (χ0) is 15.0. The van der Waals surface area contributed by atoms with Gasteiger partial charge in [-0.1, -0.05) is 0 Å². The predicted octanol–water partition coefficient (Wildman–Crippen LogP) is 4.55. The second kappa shape index (κ2) is 5.00. The topological polar surface area (TPSA) is 44.1 Å². The number of nitrogens with zero attached hydrogens (tertiary/aromatic N) is 2. The van der Waals surface area contributed by atoms with Crippen LogP contribution in [0.25, 0.3) is 22.2 Å². The Hall–Kier alpha value is -2.14. The molecule has 0 fully saturated rings. The predicted molar refractivity (Wildman–Crippen MR) is 84.7 cm³/mol. The fourth-order valence-electron chi connectivity index (χ4n) is 2.17. The van der Waals surface area contributed by atoms with Gasteiger partial charge in [0.1, 0.15) is 5.60 Å². The number of aromatic nitrogens is 2. The van der Waals surface area contributed by atoms with Gasteiger partial charge in [-0.3, -0.25) is 4.98 Å². The van der Waals surface area contributed by atoms with Gasteiger partial charge in [-0.2, -0.15) is 11.3 Å². The average Bonchev–Trinajstić information content (AvgIpc) is 3.03. The van der Waals surface area contributed by atoms with E-state index in [0.717, 1.165) is 22.2 Å². The second-order valence-corrected chi connectivity index (χ2v) is 6.57. The molecule has 0 radical (unpaired) electrons. The average molecular weight is 300 g/mol. The Morgan fingerprint density at radius 1 is 1.33 bits per heavy atom. The van der Waals surface area contributed by atoms with Gasteiger partial charge in [-0.15, -0.1) is 0 Å². The highest BCUT2D eigenvalue weighted by atomic mass is 32.1. The highest BCUT2D eigenvalue weighted by Crippen LogP contribution is 2.30. The molecule has 0 bridgehead atoms. The molecule has 0 aromatic carbocycles. The maximum absolute atomic E-state index is 12.6. The van der Waals surface area contributed by atoms with E-state index < -0.39 is 5.60 Å². The lowest BCUT2D eigenvalue weighted by molar-refractivity contribution is 0.0547. The van der Waals surface area contributed by atoms with Crippen molar-refractivity contribution < 1.29 is 9.53 Å². The maximum Gasteiger partial charge on any atom is 0.419 e. The maximum atomic E-state index is 12.6. The molecule has 3 aromatic heterocycles. The molecule has 21 heavy (non-hydrogen) atoms. The largest absolute Gasteiger partial charge is 0.443 e. The number of hydrogen-bond donors (Lipinski definition) is 0. The highest BCUT2D eigenvalue weighted by molar-refractivity contribution is 7.08. The molecule has 0 spiro atoms. The smallest absolute Gasteiger partial charge is 0.419 e. The number of hydrogen-bond acceptors (Lipinski definition) is 4. The minimum absolute atomic E-state index is 0.383. The number of pyridine rings is 1. The molecule has 3 rings (SSSR count). The summed E-state index contributed by atoms with van der Waals surface area (Å²) in [6.07, 6.45) is 3.03. The minimum atomic E-state index is -0.540. The van der Waals surface area contributed by atoms with Gasteiger partial charge < -0.3 is 4.74 Å². The molecule has 5 heteroatoms. The second-order valence-electron chi connectivity index (χ2n) is 5.79. The van der Waals surface area contributed by atoms with Crippen molar-refractivity contribution >= 4 is 28.3 Å². The summed E-state index contributed by atoms with van der Waals surface area (Å²) in [6, 6.07) is 5.88. The summed E-state index contributed by atoms with van der Waals surface area (Å²) in [6.45, 7) is 5.58. The Labute approximate surface area is 127 Å². The first-order valence-electron chi connectivity index (χ1n) is 6.67. The van der Waals surface area contributed by atoms with E-state index in [2.05, 4.69) is 4.98 Å². The fourth-order valence-corrected chi connectivity index (χ4v) is 2.82. The number of fused-ring (bicyclic) bond motifs is 1. The summed E-state index contributed by atoms with van der Waals surface area (Å²) in [5, 5.41) is 4.98. The van der Waals surface area contributed by atoms with Gasteiger partial charge in [0, 0.05) is 22.5 Å². The Kier molecular flexibility index (Phi) is 3.29. The van der Waals surface area contributed by atoms with Crippen molar-refractivity contribution in [1.82, 2.24) is 9.55 Å². The molecule has 0 aliphatic heterocycles. The molecule has 0 saturated heterocycles. The first-order chi connectivity index (χ1) is 9.96. The number of carbonyl (C=O) groups is 1. The van der Waals surface area contributed by atoms with E-state index in [1.807, 2.05) is 49.7 Å². The molecule has 3 aromatic rings. The third-order valence-electron chi connectivity index (χ3n) is 3.00. The van der Waals surface area contributed by atoms with E-state index in [4.69, 9.17) is 4.74 Å². The van der Waals surface area contributed by atoms with E-state index in [-0.39, 0.29) is 6.09 Å². The monoisotopic (exact) mass is 300 g/mol. The van der Waals surface area contributed by atoms with Crippen LogP contribution < -0.4 is 0 Å². The summed E-state index contributed by atoms with van der Waals surface area (Å²) in [5.74, 6) is 0. The zero-order valence-corrected chi connectivity index (χ0v) is 13.0. The molecule has 0 aliphatic rings. The summed E-state index contributed by atoms with van der Waals surface area (Å²) < 4.78 is 7.12. The Morgan fingerprint density at radius 2 is 2.14 bits per heavy atom. The molecule has 4 nitrogen and oxygen atoms in total. The quantitative estimate of drug-likeness (QED) is 0.662. The van der Waals surface area contributed by atoms with Crippen LogP contribution in [-0.2, 0) is 4.74 Å². The third kappa shape index (κ3) is 2.69. The van der Waals surface area contributed by atoms with Gasteiger partial charge in [0.05, 0.1) is 17.4 Å². The van der Waals surface area contributed by atoms with Gasteiger partial charge >= 0.3 is 6.09 Å². The summed E-state index contributed by atoms with van der Waals surface area (Å²) in [5.41, 5.74) is 2.05. The number of carbonyl (C=O) groups excluding carboxylic acids is 1. The normalized spacial score (nSPS) is 11.8. The van der Waals surface area contributed by atoms with E-state index in [9.17, 15) is 4.79 Å². The molecular formula is C16H16N2O2S. The van der Waals surface area contributed by atoms with E-state index >= 15 is 0 Å². The first-order valence-corrected chi connectivity index (χ1v) is 7.61. The van der Waals surface area contributed by atoms with Crippen LogP contribution in [0.3, 0.4) is 0 Å². The molecule has 3 heterocycles. The van der Waals surface area contributed by atoms with Crippen LogP contribution >= 0.6 is 11.3 Å². The summed E-state index contributed by atoms with van der Waals surface area (Å²) in [4.78, 5) is 16.7. The lowest BCUT2D eigenvalue weighted by atomic mass is 10.2. The Morgan fingerprint density at radius 3 is 2.81 bits per heavy atom. The molecule has 108 valence electrons. The van der Waals surface area contributed by atoms with Crippen LogP contribution in [0.4, 0.5) is 4.79 Å². The highest BCUT2D eigenvalue weighted by Gasteiger charge is 2.22. The van der Waals surface area contributed by atoms with Crippen molar-refractivity contribution in [3.63, 3.8) is 0 Å². The Bertz CT molecular complexity index is 782. The van der Waals surface area contributed by atoms with Gasteiger partial charge in [-0.05, 0) is 44.4 Å². The number of ether oxygens (including phenoxy) is 1. The lowest BCUT2D eigenvalue weighted by Crippen LogP contribution is -2.27. The van der Waals surface area contributed by atoms with Crippen molar-refractivity contribution in [2.45, 2.75) is 26.4 Å². The Balaban J connectivity index is 2.19. The number of thiophene rings is 1. The first kappa shape index (κ1) is 13.8. The van der Waals surface area contributed by atoms with Gasteiger partial charge in [0.2, 0.25) is 0 Å². The van der Waals surface area contributed by atoms with E-state index in [1.54, 1.807) is 28.3 Å². The van der Waals surface area contributed by atoms with Gasteiger partial charge in [0.25, 0.3) is 0 Å². The minimum Gasteiger partial charge on any atom is -0.443 e. The van der Waals surface area contributed by atoms with Gasteiger partial charge in [-0.25, -0.2) is 9.36 Å². The molecular weight excluding hydrogens is 284 g/mol. The standard InChI is InChI=1S/C16H16N2O2S/c1-16(2,3)20-15(19)18-13(12-5-7-21-10-12)8-11-4-6-17-9-14(11)18/h4-10H,1-3H3. The van der Waals surface area contributed by atoms with Crippen LogP contribution in [0.5, 0.6) is 0 Å². The summed E-state index contributed by atoms with van der Waals surface area (Å²) >= 11 is 1.60. The number of rotatable bonds is 1. The van der Waals surface area contributed by atoms with Crippen molar-refractivity contribution in [2.75, 3.05) is 0 Å². The van der Waals surface area contributed by atoms with Crippen molar-refractivity contribution in [1.29, 1.82) is 0 Å². The van der Waals surface area contributed by atoms with E-state index in [1.165, 1.54) is 0 Å². The van der Waals surface area contributed by atoms with Crippen LogP contribution in [0.2, 0.25) is 0 Å². The van der Waals surface area contributed by atoms with Gasteiger partial charge in [0.15, 0.2) is 0 Å². The zero-order valence-electron chi connectivity index (χ0n) is 12.2. The molecule has 0 atom stereocenters. The van der Waals surface area contributed by atoms with Crippen LogP contribution in [-0.4, -0.2) is 21.2 Å². The van der Waals surface area contributed by atoms with Crippen molar-refractivity contribution in [3.05, 3.63) is 41.4 Å². The van der Waals surface area contributed by atoms with Crippen molar-refractivity contribution in [2.24, 2.45) is 0 Å². The molecule has 0 unspecified atom stereocenters. The lowest BCUT2D eigenvalue weighted by Gasteiger charge is -2.20. The van der Waals surface area contributed by atoms with Crippen LogP contribution in [0.1, 0.15) is 20.8 Å². The van der Waals surface area contributed by atoms with Crippen LogP contribution in [0, 0.1) is 0 Å². The fraction of sp³-hybridized carbons (Fsp3) is 0.250. The van der Waals surface area contributed by atoms with Crippen molar-refractivity contribution in [3.8, 4) is 11.3 Å². The van der Waals surface area contributed by atoms with E-state index in [0.29, 0.717) is 0 Å². The molecule has 0 N–H and O–H groups in total. The molecule has 0 saturated carbocycles. The SMILES string of the molecule is CC(C)(C)OC(=O)n1c(-c2ccsc2)cc2ccncc21. The molecule has 0 amide bonds. The molecule has 0 aliphatic carbocycles.